The molecule has 0 spiro atoms. The van der Waals surface area contributed by atoms with Crippen molar-refractivity contribution in [2.75, 3.05) is 6.61 Å². The molecule has 0 radical (unpaired) electrons. The number of ether oxygens (including phenoxy) is 2. The first kappa shape index (κ1) is 21.1. The number of benzene rings is 1. The summed E-state index contributed by atoms with van der Waals surface area (Å²) in [6.45, 7) is 1.77. The van der Waals surface area contributed by atoms with Crippen LogP contribution < -0.4 is 16.0 Å². The zero-order valence-corrected chi connectivity index (χ0v) is 14.8. The van der Waals surface area contributed by atoms with Gasteiger partial charge in [-0.1, -0.05) is 12.1 Å². The van der Waals surface area contributed by atoms with Crippen LogP contribution in [0.4, 0.5) is 13.2 Å². The van der Waals surface area contributed by atoms with Gasteiger partial charge in [0.05, 0.1) is 18.7 Å². The Labute approximate surface area is 156 Å². The van der Waals surface area contributed by atoms with Gasteiger partial charge in [-0.3, -0.25) is 19.5 Å². The van der Waals surface area contributed by atoms with E-state index in [1.54, 1.807) is 6.92 Å². The van der Waals surface area contributed by atoms with E-state index in [4.69, 9.17) is 10.5 Å². The molecule has 0 aliphatic carbocycles. The van der Waals surface area contributed by atoms with Crippen LogP contribution in [0.5, 0.6) is 5.75 Å². The number of hydrogen-bond donors (Lipinski definition) is 3. The Hall–Kier alpha value is -3.24. The Morgan fingerprint density at radius 3 is 2.36 bits per heavy atom. The van der Waals surface area contributed by atoms with Gasteiger partial charge >= 0.3 is 12.3 Å². The third-order valence-corrected chi connectivity index (χ3v) is 3.79. The zero-order chi connectivity index (χ0) is 20.9. The Bertz CT molecular complexity index is 887. The van der Waals surface area contributed by atoms with E-state index >= 15 is 0 Å². The molecule has 0 bridgehead atoms. The number of hydrogen-bond acceptors (Lipinski definition) is 5. The molecule has 1 unspecified atom stereocenters. The van der Waals surface area contributed by atoms with Gasteiger partial charge in [0.1, 0.15) is 5.75 Å². The Kier molecular flexibility index (Phi) is 6.49. The molecule has 11 heteroatoms. The summed E-state index contributed by atoms with van der Waals surface area (Å²) >= 11 is 0. The second kappa shape index (κ2) is 8.63. The van der Waals surface area contributed by atoms with Crippen LogP contribution in [0.2, 0.25) is 0 Å². The molecule has 152 valence electrons. The van der Waals surface area contributed by atoms with E-state index in [2.05, 4.69) is 14.9 Å². The van der Waals surface area contributed by atoms with Crippen LogP contribution in [0.3, 0.4) is 0 Å². The summed E-state index contributed by atoms with van der Waals surface area (Å²) in [6, 6.07) is 4.69. The number of halogens is 3. The number of H-pyrrole nitrogens is 2. The fraction of sp³-hybridized carbons (Fsp3) is 0.353. The molecule has 2 aromatic rings. The van der Waals surface area contributed by atoms with E-state index in [1.807, 2.05) is 0 Å². The SMILES string of the molecule is CCOC(=O)Cc1[nH][nH]c(=O)c1C(CC(N)=O)c1ccc(OC(F)(F)F)cc1. The summed E-state index contributed by atoms with van der Waals surface area (Å²) in [6.07, 6.45) is -5.40. The molecule has 1 aromatic carbocycles. The van der Waals surface area contributed by atoms with Crippen LogP contribution >= 0.6 is 0 Å². The molecule has 0 fully saturated rings. The predicted molar refractivity (Wildman–Crippen MR) is 90.5 cm³/mol. The van der Waals surface area contributed by atoms with Crippen molar-refractivity contribution < 1.29 is 32.2 Å². The maximum atomic E-state index is 12.3. The lowest BCUT2D eigenvalue weighted by molar-refractivity contribution is -0.274. The number of primary amides is 1. The summed E-state index contributed by atoms with van der Waals surface area (Å²) in [7, 11) is 0. The highest BCUT2D eigenvalue weighted by Gasteiger charge is 2.31. The van der Waals surface area contributed by atoms with Gasteiger partial charge < -0.3 is 20.3 Å². The van der Waals surface area contributed by atoms with Gasteiger partial charge in [-0.05, 0) is 24.6 Å². The summed E-state index contributed by atoms with van der Waals surface area (Å²) in [5.74, 6) is -2.66. The van der Waals surface area contributed by atoms with Crippen molar-refractivity contribution in [3.05, 3.63) is 51.4 Å². The smallest absolute Gasteiger partial charge is 0.466 e. The second-order valence-corrected chi connectivity index (χ2v) is 5.79. The minimum atomic E-state index is -4.85. The second-order valence-electron chi connectivity index (χ2n) is 5.79. The number of esters is 1. The number of nitrogens with two attached hydrogens (primary N) is 1. The molecule has 1 heterocycles. The third kappa shape index (κ3) is 5.63. The predicted octanol–water partition coefficient (Wildman–Crippen LogP) is 1.71. The molecule has 0 aliphatic heterocycles. The number of amides is 1. The highest BCUT2D eigenvalue weighted by atomic mass is 19.4. The van der Waals surface area contributed by atoms with Crippen LogP contribution in [0.15, 0.2) is 29.1 Å². The van der Waals surface area contributed by atoms with Crippen molar-refractivity contribution in [3.8, 4) is 5.75 Å². The monoisotopic (exact) mass is 401 g/mol. The van der Waals surface area contributed by atoms with Gasteiger partial charge in [0.25, 0.3) is 5.56 Å². The van der Waals surface area contributed by atoms with Gasteiger partial charge in [0.15, 0.2) is 0 Å². The molecule has 1 amide bonds. The van der Waals surface area contributed by atoms with Gasteiger partial charge in [0.2, 0.25) is 5.91 Å². The first-order valence-corrected chi connectivity index (χ1v) is 8.19. The molecule has 2 rings (SSSR count). The number of carbonyl (C=O) groups excluding carboxylic acids is 2. The van der Waals surface area contributed by atoms with E-state index < -0.39 is 35.5 Å². The molecule has 8 nitrogen and oxygen atoms in total. The molecular weight excluding hydrogens is 383 g/mol. The van der Waals surface area contributed by atoms with Gasteiger partial charge in [-0.2, -0.15) is 0 Å². The normalized spacial score (nSPS) is 12.4. The van der Waals surface area contributed by atoms with Crippen molar-refractivity contribution >= 4 is 11.9 Å². The van der Waals surface area contributed by atoms with Gasteiger partial charge in [-0.15, -0.1) is 13.2 Å². The number of alkyl halides is 3. The van der Waals surface area contributed by atoms with Crippen LogP contribution in [-0.4, -0.2) is 35.0 Å². The minimum absolute atomic E-state index is 0.0799. The molecule has 4 N–H and O–H groups in total. The van der Waals surface area contributed by atoms with Crippen LogP contribution in [-0.2, 0) is 20.7 Å². The highest BCUT2D eigenvalue weighted by Crippen LogP contribution is 2.30. The quantitative estimate of drug-likeness (QED) is 0.581. The molecule has 1 atom stereocenters. The van der Waals surface area contributed by atoms with E-state index in [1.165, 1.54) is 12.1 Å². The lowest BCUT2D eigenvalue weighted by Gasteiger charge is -2.16. The Morgan fingerprint density at radius 1 is 1.18 bits per heavy atom. The van der Waals surface area contributed by atoms with E-state index in [-0.39, 0.29) is 30.7 Å². The van der Waals surface area contributed by atoms with Crippen molar-refractivity contribution in [3.63, 3.8) is 0 Å². The first-order valence-electron chi connectivity index (χ1n) is 8.19. The molecule has 28 heavy (non-hydrogen) atoms. The average Bonchev–Trinajstić information content (AvgIpc) is 2.92. The number of nitrogens with one attached hydrogen (secondary N) is 2. The summed E-state index contributed by atoms with van der Waals surface area (Å²) < 4.78 is 45.6. The maximum absolute atomic E-state index is 12.3. The van der Waals surface area contributed by atoms with Gasteiger partial charge in [-0.25, -0.2) is 0 Å². The lowest BCUT2D eigenvalue weighted by atomic mass is 9.87. The third-order valence-electron chi connectivity index (χ3n) is 3.79. The van der Waals surface area contributed by atoms with E-state index in [0.29, 0.717) is 5.56 Å². The average molecular weight is 401 g/mol. The Balaban J connectivity index is 2.40. The van der Waals surface area contributed by atoms with Crippen LogP contribution in [0.25, 0.3) is 0 Å². The van der Waals surface area contributed by atoms with Crippen molar-refractivity contribution in [1.29, 1.82) is 0 Å². The maximum Gasteiger partial charge on any atom is 0.573 e. The standard InChI is InChI=1S/C17H18F3N3O5/c1-2-27-14(25)8-12-15(16(26)23-22-12)11(7-13(21)24)9-3-5-10(6-4-9)28-17(18,19)20/h3-6,11H,2,7-8H2,1H3,(H2,21,24)(H2,22,23,26). The first-order chi connectivity index (χ1) is 13.1. The van der Waals surface area contributed by atoms with Crippen LogP contribution in [0, 0.1) is 0 Å². The highest BCUT2D eigenvalue weighted by molar-refractivity contribution is 5.76. The number of rotatable bonds is 8. The van der Waals surface area contributed by atoms with E-state index in [9.17, 15) is 27.6 Å². The van der Waals surface area contributed by atoms with E-state index in [0.717, 1.165) is 12.1 Å². The number of aromatic amines is 2. The number of carbonyl (C=O) groups is 2. The molecule has 0 aliphatic rings. The molecule has 0 saturated heterocycles. The minimum Gasteiger partial charge on any atom is -0.466 e. The largest absolute Gasteiger partial charge is 0.573 e. The van der Waals surface area contributed by atoms with Crippen molar-refractivity contribution in [1.82, 2.24) is 10.2 Å². The summed E-state index contributed by atoms with van der Waals surface area (Å²) in [5.41, 5.74) is 5.32. The lowest BCUT2D eigenvalue weighted by Crippen LogP contribution is -2.22. The molecule has 0 saturated carbocycles. The zero-order valence-electron chi connectivity index (χ0n) is 14.8. The fourth-order valence-corrected chi connectivity index (χ4v) is 2.76. The van der Waals surface area contributed by atoms with Crippen molar-refractivity contribution in [2.45, 2.75) is 32.0 Å². The van der Waals surface area contributed by atoms with Gasteiger partial charge in [0, 0.05) is 17.9 Å². The molecule has 1 aromatic heterocycles. The fourth-order valence-electron chi connectivity index (χ4n) is 2.76. The van der Waals surface area contributed by atoms with Crippen molar-refractivity contribution in [2.24, 2.45) is 5.73 Å². The number of aromatic nitrogens is 2. The summed E-state index contributed by atoms with van der Waals surface area (Å²) in [5, 5.41) is 4.90. The Morgan fingerprint density at radius 2 is 1.82 bits per heavy atom. The molecular formula is C17H18F3N3O5. The summed E-state index contributed by atoms with van der Waals surface area (Å²) in [4.78, 5) is 35.5. The van der Waals surface area contributed by atoms with Crippen LogP contribution in [0.1, 0.15) is 36.1 Å². The topological polar surface area (TPSA) is 127 Å².